The van der Waals surface area contributed by atoms with Gasteiger partial charge in [0.2, 0.25) is 0 Å². The molecule has 186 valence electrons. The number of rotatable bonds is 8. The number of anilines is 1. The van der Waals surface area contributed by atoms with E-state index in [1.54, 1.807) is 57.3 Å². The summed E-state index contributed by atoms with van der Waals surface area (Å²) in [6, 6.07) is 15.3. The quantitative estimate of drug-likeness (QED) is 0.509. The normalized spacial score (nSPS) is 15.0. The first-order valence-corrected chi connectivity index (χ1v) is 13.1. The molecule has 1 fully saturated rings. The fourth-order valence-electron chi connectivity index (χ4n) is 4.41. The number of carbonyl (C=O) groups excluding carboxylic acids is 2. The predicted octanol–water partition coefficient (Wildman–Crippen LogP) is 4.05. The van der Waals surface area contributed by atoms with Gasteiger partial charge in [-0.2, -0.15) is 5.26 Å². The summed E-state index contributed by atoms with van der Waals surface area (Å²) >= 11 is 0. The summed E-state index contributed by atoms with van der Waals surface area (Å²) in [6.45, 7) is 3.08. The third kappa shape index (κ3) is 5.49. The molecule has 1 aliphatic carbocycles. The average Bonchev–Trinajstić information content (AvgIpc) is 2.88. The summed E-state index contributed by atoms with van der Waals surface area (Å²) < 4.78 is 33.4. The van der Waals surface area contributed by atoms with Crippen LogP contribution in [0.3, 0.4) is 0 Å². The van der Waals surface area contributed by atoms with Crippen molar-refractivity contribution in [2.45, 2.75) is 56.4 Å². The molecule has 0 radical (unpaired) electrons. The Morgan fingerprint density at radius 1 is 1.09 bits per heavy atom. The molecule has 0 spiro atoms. The van der Waals surface area contributed by atoms with Crippen molar-refractivity contribution in [3.05, 3.63) is 59.7 Å². The molecule has 2 aromatic rings. The zero-order valence-electron chi connectivity index (χ0n) is 20.4. The lowest BCUT2D eigenvalue weighted by Crippen LogP contribution is -2.51. The SMILES string of the molecule is CCN(c1ccccc1)S(=O)(=O)c1cc(C(=O)OCC(=O)N(C)C2(C#N)CCCCC2)ccc1C. The van der Waals surface area contributed by atoms with Gasteiger partial charge in [-0.15, -0.1) is 0 Å². The first kappa shape index (κ1) is 26.2. The molecular weight excluding hydrogens is 466 g/mol. The molecule has 35 heavy (non-hydrogen) atoms. The van der Waals surface area contributed by atoms with E-state index in [0.717, 1.165) is 19.3 Å². The lowest BCUT2D eigenvalue weighted by atomic mass is 9.81. The summed E-state index contributed by atoms with van der Waals surface area (Å²) in [5.74, 6) is -1.27. The maximum Gasteiger partial charge on any atom is 0.338 e. The van der Waals surface area contributed by atoms with Crippen LogP contribution >= 0.6 is 0 Å². The highest BCUT2D eigenvalue weighted by molar-refractivity contribution is 7.92. The predicted molar refractivity (Wildman–Crippen MR) is 132 cm³/mol. The van der Waals surface area contributed by atoms with Crippen LogP contribution in [-0.2, 0) is 19.6 Å². The average molecular weight is 498 g/mol. The van der Waals surface area contributed by atoms with Gasteiger partial charge in [-0.1, -0.05) is 43.5 Å². The summed E-state index contributed by atoms with van der Waals surface area (Å²) in [5.41, 5.74) is 0.153. The number of benzene rings is 2. The van der Waals surface area contributed by atoms with E-state index < -0.39 is 34.0 Å². The second-order valence-electron chi connectivity index (χ2n) is 8.72. The second kappa shape index (κ2) is 10.9. The van der Waals surface area contributed by atoms with E-state index in [0.29, 0.717) is 24.1 Å². The summed E-state index contributed by atoms with van der Waals surface area (Å²) in [7, 11) is -2.39. The van der Waals surface area contributed by atoms with Crippen LogP contribution in [0.2, 0.25) is 0 Å². The van der Waals surface area contributed by atoms with Gasteiger partial charge in [0.25, 0.3) is 15.9 Å². The number of aryl methyl sites for hydroxylation is 1. The van der Waals surface area contributed by atoms with E-state index in [-0.39, 0.29) is 17.0 Å². The smallest absolute Gasteiger partial charge is 0.338 e. The van der Waals surface area contributed by atoms with Crippen LogP contribution in [0.4, 0.5) is 5.69 Å². The van der Waals surface area contributed by atoms with Crippen molar-refractivity contribution in [3.63, 3.8) is 0 Å². The summed E-state index contributed by atoms with van der Waals surface area (Å²) in [5, 5.41) is 9.68. The molecule has 0 aromatic heterocycles. The maximum absolute atomic E-state index is 13.4. The molecule has 0 N–H and O–H groups in total. The van der Waals surface area contributed by atoms with E-state index in [2.05, 4.69) is 6.07 Å². The molecule has 0 saturated heterocycles. The van der Waals surface area contributed by atoms with Crippen LogP contribution in [0, 0.1) is 18.3 Å². The van der Waals surface area contributed by atoms with Gasteiger partial charge in [0, 0.05) is 13.6 Å². The number of likely N-dealkylation sites (N-methyl/N-ethyl adjacent to an activating group) is 1. The number of carbonyl (C=O) groups is 2. The molecule has 0 aliphatic heterocycles. The van der Waals surface area contributed by atoms with Crippen molar-refractivity contribution >= 4 is 27.6 Å². The minimum Gasteiger partial charge on any atom is -0.452 e. The molecule has 1 aliphatic rings. The van der Waals surface area contributed by atoms with Crippen LogP contribution in [0.1, 0.15) is 54.9 Å². The number of para-hydroxylation sites is 1. The number of nitrogens with zero attached hydrogens (tertiary/aromatic N) is 3. The highest BCUT2D eigenvalue weighted by Gasteiger charge is 2.39. The van der Waals surface area contributed by atoms with Gasteiger partial charge in [0.1, 0.15) is 5.54 Å². The Morgan fingerprint density at radius 2 is 1.74 bits per heavy atom. The fourth-order valence-corrected chi connectivity index (χ4v) is 6.14. The van der Waals surface area contributed by atoms with E-state index in [9.17, 15) is 23.3 Å². The third-order valence-corrected chi connectivity index (χ3v) is 8.60. The second-order valence-corrected chi connectivity index (χ2v) is 10.5. The molecule has 0 heterocycles. The van der Waals surface area contributed by atoms with Gasteiger partial charge in [0.05, 0.1) is 22.2 Å². The maximum atomic E-state index is 13.4. The molecule has 0 atom stereocenters. The Balaban J connectivity index is 1.77. The monoisotopic (exact) mass is 497 g/mol. The molecule has 1 amide bonds. The number of amides is 1. The van der Waals surface area contributed by atoms with Crippen molar-refractivity contribution in [2.24, 2.45) is 0 Å². The molecule has 3 rings (SSSR count). The van der Waals surface area contributed by atoms with Crippen molar-refractivity contribution in [2.75, 3.05) is 24.5 Å². The Morgan fingerprint density at radius 3 is 2.34 bits per heavy atom. The van der Waals surface area contributed by atoms with E-state index in [4.69, 9.17) is 4.74 Å². The first-order chi connectivity index (χ1) is 16.7. The number of sulfonamides is 1. The molecule has 8 nitrogen and oxygen atoms in total. The standard InChI is InChI=1S/C26H31N3O5S/c1-4-29(22-11-7-5-8-12-22)35(32,33)23-17-21(14-13-20(23)2)25(31)34-18-24(30)28(3)26(19-27)15-9-6-10-16-26/h5,7-8,11-14,17H,4,6,9-10,15-16,18H2,1-3H3. The van der Waals surface area contributed by atoms with Gasteiger partial charge in [-0.05, 0) is 56.5 Å². The van der Waals surface area contributed by atoms with Crippen molar-refractivity contribution in [1.82, 2.24) is 4.90 Å². The fraction of sp³-hybridized carbons (Fsp3) is 0.423. The third-order valence-electron chi connectivity index (χ3n) is 6.55. The van der Waals surface area contributed by atoms with Gasteiger partial charge in [0.15, 0.2) is 6.61 Å². The lowest BCUT2D eigenvalue weighted by molar-refractivity contribution is -0.138. The van der Waals surface area contributed by atoms with Gasteiger partial charge in [-0.25, -0.2) is 13.2 Å². The van der Waals surface area contributed by atoms with Crippen molar-refractivity contribution in [3.8, 4) is 6.07 Å². The molecule has 0 bridgehead atoms. The number of hydrogen-bond acceptors (Lipinski definition) is 6. The molecule has 1 saturated carbocycles. The van der Waals surface area contributed by atoms with Gasteiger partial charge in [-0.3, -0.25) is 9.10 Å². The zero-order valence-corrected chi connectivity index (χ0v) is 21.2. The van der Waals surface area contributed by atoms with E-state index >= 15 is 0 Å². The Bertz CT molecular complexity index is 1220. The Hall–Kier alpha value is -3.38. The minimum atomic E-state index is -3.95. The zero-order chi connectivity index (χ0) is 25.6. The number of ether oxygens (including phenoxy) is 1. The summed E-state index contributed by atoms with van der Waals surface area (Å²) in [6.07, 6.45) is 3.94. The number of nitriles is 1. The molecular formula is C26H31N3O5S. The Labute approximate surface area is 207 Å². The highest BCUT2D eigenvalue weighted by atomic mass is 32.2. The van der Waals surface area contributed by atoms with Gasteiger partial charge < -0.3 is 9.64 Å². The Kier molecular flexibility index (Phi) is 8.18. The number of esters is 1. The molecule has 2 aromatic carbocycles. The largest absolute Gasteiger partial charge is 0.452 e. The number of hydrogen-bond donors (Lipinski definition) is 0. The van der Waals surface area contributed by atoms with Crippen LogP contribution in [0.5, 0.6) is 0 Å². The minimum absolute atomic E-state index is 0.00765. The molecule has 0 unspecified atom stereocenters. The lowest BCUT2D eigenvalue weighted by Gasteiger charge is -2.38. The van der Waals surface area contributed by atoms with Crippen LogP contribution in [0.25, 0.3) is 0 Å². The summed E-state index contributed by atoms with van der Waals surface area (Å²) in [4.78, 5) is 26.8. The molecule has 9 heteroatoms. The van der Waals surface area contributed by atoms with Crippen LogP contribution in [-0.4, -0.2) is 50.9 Å². The van der Waals surface area contributed by atoms with Crippen LogP contribution < -0.4 is 4.31 Å². The van der Waals surface area contributed by atoms with Crippen molar-refractivity contribution < 1.29 is 22.7 Å². The van der Waals surface area contributed by atoms with E-state index in [1.807, 2.05) is 0 Å². The highest BCUT2D eigenvalue weighted by Crippen LogP contribution is 2.32. The van der Waals surface area contributed by atoms with Crippen LogP contribution in [0.15, 0.2) is 53.4 Å². The topological polar surface area (TPSA) is 108 Å². The van der Waals surface area contributed by atoms with E-state index in [1.165, 1.54) is 21.3 Å². The van der Waals surface area contributed by atoms with Gasteiger partial charge >= 0.3 is 5.97 Å². The van der Waals surface area contributed by atoms with Crippen molar-refractivity contribution in [1.29, 1.82) is 5.26 Å². The first-order valence-electron chi connectivity index (χ1n) is 11.7.